The second-order valence-corrected chi connectivity index (χ2v) is 3.33. The van der Waals surface area contributed by atoms with Gasteiger partial charge >= 0.3 is 0 Å². The first-order valence-corrected chi connectivity index (χ1v) is 4.74. The third kappa shape index (κ3) is 1.92. The number of aryl methyl sites for hydroxylation is 1. The number of amides is 1. The van der Waals surface area contributed by atoms with E-state index in [1.54, 1.807) is 13.8 Å². The molecule has 7 heteroatoms. The van der Waals surface area contributed by atoms with E-state index in [9.17, 15) is 4.79 Å². The van der Waals surface area contributed by atoms with Crippen LogP contribution in [0, 0.1) is 6.92 Å². The summed E-state index contributed by atoms with van der Waals surface area (Å²) in [5, 5.41) is 9.11. The number of nitrogens with one attached hydrogen (secondary N) is 2. The van der Waals surface area contributed by atoms with Gasteiger partial charge in [-0.2, -0.15) is 5.10 Å². The highest BCUT2D eigenvalue weighted by molar-refractivity contribution is 5.92. The zero-order valence-corrected chi connectivity index (χ0v) is 8.89. The first-order valence-electron chi connectivity index (χ1n) is 4.74. The minimum absolute atomic E-state index is 0.214. The maximum absolute atomic E-state index is 11.7. The maximum Gasteiger partial charge on any atom is 0.289 e. The predicted molar refractivity (Wildman–Crippen MR) is 53.5 cm³/mol. The fraction of sp³-hybridized carbons (Fsp3) is 0.333. The van der Waals surface area contributed by atoms with Gasteiger partial charge in [-0.1, -0.05) is 0 Å². The molecule has 0 aliphatic heterocycles. The zero-order valence-electron chi connectivity index (χ0n) is 8.89. The van der Waals surface area contributed by atoms with E-state index in [1.165, 1.54) is 12.7 Å². The van der Waals surface area contributed by atoms with E-state index in [1.807, 2.05) is 0 Å². The van der Waals surface area contributed by atoms with Crippen molar-refractivity contribution in [2.45, 2.75) is 19.9 Å². The van der Waals surface area contributed by atoms with Crippen molar-refractivity contribution in [3.8, 4) is 0 Å². The van der Waals surface area contributed by atoms with E-state index >= 15 is 0 Å². The first-order chi connectivity index (χ1) is 7.68. The predicted octanol–water partition coefficient (Wildman–Crippen LogP) is 0.592. The molecule has 0 aliphatic rings. The summed E-state index contributed by atoms with van der Waals surface area (Å²) in [6.45, 7) is 3.50. The molecule has 0 fully saturated rings. The van der Waals surface area contributed by atoms with Crippen molar-refractivity contribution in [2.24, 2.45) is 0 Å². The second kappa shape index (κ2) is 4.13. The lowest BCUT2D eigenvalue weighted by Gasteiger charge is -2.09. The van der Waals surface area contributed by atoms with Crippen molar-refractivity contribution in [1.82, 2.24) is 25.5 Å². The van der Waals surface area contributed by atoms with Crippen molar-refractivity contribution in [3.05, 3.63) is 30.0 Å². The summed E-state index contributed by atoms with van der Waals surface area (Å²) in [7, 11) is 0. The summed E-state index contributed by atoms with van der Waals surface area (Å²) in [6, 6.07) is -0.264. The standard InChI is InChI=1S/C9H11N5O2/c1-5-7(16-4-11-5)9(15)13-6(2)8-10-3-12-14-8/h3-4,6H,1-2H3,(H,13,15)(H,10,12,14). The number of nitrogens with zero attached hydrogens (tertiary/aromatic N) is 3. The molecular formula is C9H11N5O2. The number of H-pyrrole nitrogens is 1. The van der Waals surface area contributed by atoms with Crippen LogP contribution in [0.15, 0.2) is 17.1 Å². The Kier molecular flexibility index (Phi) is 2.67. The Morgan fingerprint density at radius 1 is 1.56 bits per heavy atom. The van der Waals surface area contributed by atoms with Crippen molar-refractivity contribution >= 4 is 5.91 Å². The fourth-order valence-corrected chi connectivity index (χ4v) is 1.27. The summed E-state index contributed by atoms with van der Waals surface area (Å²) in [4.78, 5) is 19.5. The Morgan fingerprint density at radius 2 is 2.38 bits per heavy atom. The molecule has 0 saturated carbocycles. The van der Waals surface area contributed by atoms with Gasteiger partial charge in [0.2, 0.25) is 5.76 Å². The SMILES string of the molecule is Cc1ncoc1C(=O)NC(C)c1ncn[nH]1. The van der Waals surface area contributed by atoms with E-state index < -0.39 is 0 Å². The van der Waals surface area contributed by atoms with Crippen molar-refractivity contribution in [1.29, 1.82) is 0 Å². The van der Waals surface area contributed by atoms with Crippen LogP contribution in [-0.2, 0) is 0 Å². The second-order valence-electron chi connectivity index (χ2n) is 3.33. The highest BCUT2D eigenvalue weighted by atomic mass is 16.3. The molecule has 2 rings (SSSR count). The Labute approximate surface area is 91.3 Å². The number of hydrogen-bond acceptors (Lipinski definition) is 5. The molecular weight excluding hydrogens is 210 g/mol. The van der Waals surface area contributed by atoms with Crippen LogP contribution in [0.4, 0.5) is 0 Å². The molecule has 0 aliphatic carbocycles. The monoisotopic (exact) mass is 221 g/mol. The molecule has 2 aromatic rings. The molecule has 0 saturated heterocycles. The average molecular weight is 221 g/mol. The molecule has 84 valence electrons. The molecule has 2 aromatic heterocycles. The Morgan fingerprint density at radius 3 is 2.94 bits per heavy atom. The fourth-order valence-electron chi connectivity index (χ4n) is 1.27. The van der Waals surface area contributed by atoms with E-state index in [0.29, 0.717) is 11.5 Å². The van der Waals surface area contributed by atoms with Crippen LogP contribution in [0.3, 0.4) is 0 Å². The molecule has 0 spiro atoms. The Bertz CT molecular complexity index is 476. The van der Waals surface area contributed by atoms with Crippen LogP contribution < -0.4 is 5.32 Å². The smallest absolute Gasteiger partial charge is 0.289 e. The van der Waals surface area contributed by atoms with Crippen LogP contribution in [0.5, 0.6) is 0 Å². The quantitative estimate of drug-likeness (QED) is 0.790. The van der Waals surface area contributed by atoms with Gasteiger partial charge in [0, 0.05) is 0 Å². The average Bonchev–Trinajstić information content (AvgIpc) is 2.86. The van der Waals surface area contributed by atoms with Crippen LogP contribution in [0.1, 0.15) is 35.0 Å². The molecule has 2 heterocycles. The lowest BCUT2D eigenvalue weighted by atomic mass is 10.3. The van der Waals surface area contributed by atoms with Crippen LogP contribution in [0.2, 0.25) is 0 Å². The third-order valence-electron chi connectivity index (χ3n) is 2.14. The largest absolute Gasteiger partial charge is 0.438 e. The molecule has 0 aromatic carbocycles. The molecule has 1 unspecified atom stereocenters. The Balaban J connectivity index is 2.06. The minimum atomic E-state index is -0.320. The molecule has 0 radical (unpaired) electrons. The normalized spacial score (nSPS) is 12.4. The zero-order chi connectivity index (χ0) is 11.5. The van der Waals surface area contributed by atoms with Crippen LogP contribution in [-0.4, -0.2) is 26.1 Å². The van der Waals surface area contributed by atoms with Gasteiger partial charge in [-0.25, -0.2) is 9.97 Å². The summed E-state index contributed by atoms with van der Waals surface area (Å²) < 4.78 is 4.97. The molecule has 1 amide bonds. The van der Waals surface area contributed by atoms with Gasteiger partial charge in [-0.15, -0.1) is 0 Å². The van der Waals surface area contributed by atoms with Crippen LogP contribution >= 0.6 is 0 Å². The van der Waals surface area contributed by atoms with Gasteiger partial charge in [0.15, 0.2) is 6.39 Å². The van der Waals surface area contributed by atoms with Gasteiger partial charge in [0.05, 0.1) is 11.7 Å². The van der Waals surface area contributed by atoms with E-state index in [0.717, 1.165) is 0 Å². The lowest BCUT2D eigenvalue weighted by molar-refractivity contribution is 0.0909. The molecule has 0 bridgehead atoms. The summed E-state index contributed by atoms with van der Waals surface area (Å²) in [5.41, 5.74) is 0.558. The molecule has 2 N–H and O–H groups in total. The van der Waals surface area contributed by atoms with Crippen molar-refractivity contribution in [2.75, 3.05) is 0 Å². The topological polar surface area (TPSA) is 96.7 Å². The number of rotatable bonds is 3. The Hall–Kier alpha value is -2.18. The highest BCUT2D eigenvalue weighted by Gasteiger charge is 2.18. The van der Waals surface area contributed by atoms with Gasteiger partial charge < -0.3 is 9.73 Å². The number of carbonyl (C=O) groups is 1. The van der Waals surface area contributed by atoms with Crippen molar-refractivity contribution in [3.63, 3.8) is 0 Å². The number of carbonyl (C=O) groups excluding carboxylic acids is 1. The van der Waals surface area contributed by atoms with Crippen molar-refractivity contribution < 1.29 is 9.21 Å². The van der Waals surface area contributed by atoms with Gasteiger partial charge in [0.1, 0.15) is 12.2 Å². The van der Waals surface area contributed by atoms with Gasteiger partial charge in [-0.05, 0) is 13.8 Å². The summed E-state index contributed by atoms with van der Waals surface area (Å²) >= 11 is 0. The number of oxazole rings is 1. The van der Waals surface area contributed by atoms with Gasteiger partial charge in [-0.3, -0.25) is 9.89 Å². The number of aromatic nitrogens is 4. The highest BCUT2D eigenvalue weighted by Crippen LogP contribution is 2.09. The lowest BCUT2D eigenvalue weighted by Crippen LogP contribution is -2.27. The number of aromatic amines is 1. The first kappa shape index (κ1) is 10.3. The summed E-state index contributed by atoms with van der Waals surface area (Å²) in [6.07, 6.45) is 2.63. The minimum Gasteiger partial charge on any atom is -0.438 e. The molecule has 16 heavy (non-hydrogen) atoms. The van der Waals surface area contributed by atoms with E-state index in [-0.39, 0.29) is 17.7 Å². The summed E-state index contributed by atoms with van der Waals surface area (Å²) in [5.74, 6) is 0.482. The molecule has 7 nitrogen and oxygen atoms in total. The molecule has 1 atom stereocenters. The van der Waals surface area contributed by atoms with E-state index in [4.69, 9.17) is 4.42 Å². The maximum atomic E-state index is 11.7. The van der Waals surface area contributed by atoms with E-state index in [2.05, 4.69) is 25.5 Å². The van der Waals surface area contributed by atoms with Gasteiger partial charge in [0.25, 0.3) is 5.91 Å². The number of hydrogen-bond donors (Lipinski definition) is 2. The van der Waals surface area contributed by atoms with Crippen LogP contribution in [0.25, 0.3) is 0 Å². The third-order valence-corrected chi connectivity index (χ3v) is 2.14.